The minimum Gasteiger partial charge on any atom is -0.481 e. The van der Waals surface area contributed by atoms with Crippen molar-refractivity contribution in [1.82, 2.24) is 9.88 Å². The zero-order valence-electron chi connectivity index (χ0n) is 13.8. The number of methoxy groups -OCH3 is 2. The molecule has 118 valence electrons. The van der Waals surface area contributed by atoms with Gasteiger partial charge in [-0.05, 0) is 17.9 Å². The summed E-state index contributed by atoms with van der Waals surface area (Å²) in [5.41, 5.74) is 0.472. The van der Waals surface area contributed by atoms with Crippen LogP contribution >= 0.6 is 0 Å². The molecule has 1 rings (SSSR count). The van der Waals surface area contributed by atoms with Gasteiger partial charge < -0.3 is 14.4 Å². The number of rotatable bonds is 7. The molecule has 1 aromatic heterocycles. The summed E-state index contributed by atoms with van der Waals surface area (Å²) < 4.78 is 10.3. The maximum absolute atomic E-state index is 12.8. The van der Waals surface area contributed by atoms with Crippen molar-refractivity contribution in [3.05, 3.63) is 17.7 Å². The Bertz CT molecular complexity index is 463. The number of carbonyl (C=O) groups excluding carboxylic acids is 1. The summed E-state index contributed by atoms with van der Waals surface area (Å²) in [5, 5.41) is 0. The fourth-order valence-corrected chi connectivity index (χ4v) is 2.15. The number of amides is 1. The molecule has 0 aliphatic carbocycles. The zero-order chi connectivity index (χ0) is 16.0. The molecule has 5 heteroatoms. The largest absolute Gasteiger partial charge is 0.481 e. The maximum atomic E-state index is 12.8. The Labute approximate surface area is 127 Å². The molecule has 1 heterocycles. The second-order valence-corrected chi connectivity index (χ2v) is 5.91. The van der Waals surface area contributed by atoms with Gasteiger partial charge in [0.25, 0.3) is 5.91 Å². The third kappa shape index (κ3) is 4.92. The number of ether oxygens (including phenoxy) is 2. The van der Waals surface area contributed by atoms with E-state index in [2.05, 4.69) is 32.7 Å². The van der Waals surface area contributed by atoms with Crippen molar-refractivity contribution in [2.75, 3.05) is 27.3 Å². The first kappa shape index (κ1) is 17.3. The van der Waals surface area contributed by atoms with E-state index in [0.29, 0.717) is 42.2 Å². The van der Waals surface area contributed by atoms with Crippen LogP contribution < -0.4 is 9.47 Å². The second-order valence-electron chi connectivity index (χ2n) is 5.91. The van der Waals surface area contributed by atoms with Gasteiger partial charge in [-0.15, -0.1) is 0 Å². The van der Waals surface area contributed by atoms with Crippen LogP contribution in [0.3, 0.4) is 0 Å². The highest BCUT2D eigenvalue weighted by atomic mass is 16.5. The fourth-order valence-electron chi connectivity index (χ4n) is 2.15. The molecule has 1 aromatic rings. The van der Waals surface area contributed by atoms with Crippen LogP contribution in [0, 0.1) is 11.8 Å². The smallest absolute Gasteiger partial charge is 0.259 e. The molecule has 0 bridgehead atoms. The molecule has 0 N–H and O–H groups in total. The number of carbonyl (C=O) groups is 1. The first-order valence-electron chi connectivity index (χ1n) is 7.27. The quantitative estimate of drug-likeness (QED) is 0.776. The molecule has 0 saturated carbocycles. The Morgan fingerprint density at radius 2 is 1.67 bits per heavy atom. The van der Waals surface area contributed by atoms with Gasteiger partial charge in [-0.2, -0.15) is 4.98 Å². The van der Waals surface area contributed by atoms with Gasteiger partial charge >= 0.3 is 0 Å². The van der Waals surface area contributed by atoms with Crippen molar-refractivity contribution in [1.29, 1.82) is 0 Å². The summed E-state index contributed by atoms with van der Waals surface area (Å²) in [7, 11) is 3.04. The van der Waals surface area contributed by atoms with E-state index in [-0.39, 0.29) is 5.91 Å². The van der Waals surface area contributed by atoms with Gasteiger partial charge in [-0.1, -0.05) is 27.7 Å². The van der Waals surface area contributed by atoms with Crippen molar-refractivity contribution in [2.45, 2.75) is 27.7 Å². The van der Waals surface area contributed by atoms with Crippen LogP contribution in [0.2, 0.25) is 0 Å². The molecule has 5 nitrogen and oxygen atoms in total. The van der Waals surface area contributed by atoms with Crippen molar-refractivity contribution in [2.24, 2.45) is 11.8 Å². The molecule has 0 atom stereocenters. The Morgan fingerprint density at radius 3 is 2.10 bits per heavy atom. The Morgan fingerprint density at radius 1 is 1.10 bits per heavy atom. The number of pyridine rings is 1. The lowest BCUT2D eigenvalue weighted by atomic mass is 10.1. The van der Waals surface area contributed by atoms with E-state index in [4.69, 9.17) is 9.47 Å². The molecule has 0 fully saturated rings. The average molecular weight is 294 g/mol. The molecule has 0 aliphatic heterocycles. The predicted molar refractivity (Wildman–Crippen MR) is 82.9 cm³/mol. The van der Waals surface area contributed by atoms with Gasteiger partial charge in [0.05, 0.1) is 14.2 Å². The van der Waals surface area contributed by atoms with E-state index >= 15 is 0 Å². The third-order valence-electron chi connectivity index (χ3n) is 2.93. The molecule has 0 aromatic carbocycles. The van der Waals surface area contributed by atoms with Crippen molar-refractivity contribution in [3.8, 4) is 11.8 Å². The first-order valence-corrected chi connectivity index (χ1v) is 7.27. The summed E-state index contributed by atoms with van der Waals surface area (Å²) in [6.45, 7) is 9.83. The van der Waals surface area contributed by atoms with Gasteiger partial charge in [0, 0.05) is 19.2 Å². The molecule has 0 unspecified atom stereocenters. The lowest BCUT2D eigenvalue weighted by Gasteiger charge is -2.26. The van der Waals surface area contributed by atoms with Crippen LogP contribution in [0.15, 0.2) is 12.1 Å². The average Bonchev–Trinajstić information content (AvgIpc) is 2.44. The molecular formula is C16H26N2O3. The highest BCUT2D eigenvalue weighted by Gasteiger charge is 2.22. The summed E-state index contributed by atoms with van der Waals surface area (Å²) in [5.74, 6) is 1.50. The number of aromatic nitrogens is 1. The molecule has 0 aliphatic rings. The summed E-state index contributed by atoms with van der Waals surface area (Å²) in [6, 6.07) is 3.39. The molecule has 0 radical (unpaired) electrons. The van der Waals surface area contributed by atoms with E-state index in [9.17, 15) is 4.79 Å². The van der Waals surface area contributed by atoms with Crippen LogP contribution in [-0.2, 0) is 0 Å². The van der Waals surface area contributed by atoms with Crippen LogP contribution in [0.25, 0.3) is 0 Å². The first-order chi connectivity index (χ1) is 9.88. The lowest BCUT2D eigenvalue weighted by molar-refractivity contribution is 0.0710. The predicted octanol–water partition coefficient (Wildman–Crippen LogP) is 2.85. The van der Waals surface area contributed by atoms with E-state index in [1.807, 2.05) is 4.90 Å². The lowest BCUT2D eigenvalue weighted by Crippen LogP contribution is -2.37. The van der Waals surface area contributed by atoms with E-state index in [0.717, 1.165) is 0 Å². The van der Waals surface area contributed by atoms with Crippen molar-refractivity contribution in [3.63, 3.8) is 0 Å². The van der Waals surface area contributed by atoms with Crippen molar-refractivity contribution >= 4 is 5.91 Å². The minimum absolute atomic E-state index is 0.0515. The second kappa shape index (κ2) is 7.86. The van der Waals surface area contributed by atoms with E-state index in [1.165, 1.54) is 14.2 Å². The normalized spacial score (nSPS) is 10.9. The van der Waals surface area contributed by atoms with Gasteiger partial charge in [0.2, 0.25) is 11.8 Å². The van der Waals surface area contributed by atoms with E-state index in [1.54, 1.807) is 12.1 Å². The fraction of sp³-hybridized carbons (Fsp3) is 0.625. The summed E-state index contributed by atoms with van der Waals surface area (Å²) >= 11 is 0. The molecule has 1 amide bonds. The van der Waals surface area contributed by atoms with E-state index < -0.39 is 0 Å². The Balaban J connectivity index is 3.07. The summed E-state index contributed by atoms with van der Waals surface area (Å²) in [6.07, 6.45) is 0. The Hall–Kier alpha value is -1.78. The van der Waals surface area contributed by atoms with Gasteiger partial charge in [-0.3, -0.25) is 4.79 Å². The monoisotopic (exact) mass is 294 g/mol. The highest BCUT2D eigenvalue weighted by molar-refractivity contribution is 5.96. The number of nitrogens with zero attached hydrogens (tertiary/aromatic N) is 2. The molecule has 0 spiro atoms. The van der Waals surface area contributed by atoms with Gasteiger partial charge in [0.1, 0.15) is 5.56 Å². The minimum atomic E-state index is -0.0515. The van der Waals surface area contributed by atoms with Crippen molar-refractivity contribution < 1.29 is 14.3 Å². The van der Waals surface area contributed by atoms with Gasteiger partial charge in [0.15, 0.2) is 0 Å². The van der Waals surface area contributed by atoms with Crippen LogP contribution in [-0.4, -0.2) is 43.1 Å². The Kier molecular flexibility index (Phi) is 6.46. The number of hydrogen-bond donors (Lipinski definition) is 0. The molecule has 0 saturated heterocycles. The van der Waals surface area contributed by atoms with Gasteiger partial charge in [-0.25, -0.2) is 0 Å². The standard InChI is InChI=1S/C16H26N2O3/c1-11(2)9-18(10-12(3)4)16(19)13-7-8-14(20-5)17-15(13)21-6/h7-8,11-12H,9-10H2,1-6H3. The summed E-state index contributed by atoms with van der Waals surface area (Å²) in [4.78, 5) is 18.8. The molecule has 21 heavy (non-hydrogen) atoms. The topological polar surface area (TPSA) is 51.7 Å². The van der Waals surface area contributed by atoms with Crippen LogP contribution in [0.1, 0.15) is 38.1 Å². The zero-order valence-corrected chi connectivity index (χ0v) is 13.8. The van der Waals surface area contributed by atoms with Crippen LogP contribution in [0.5, 0.6) is 11.8 Å². The third-order valence-corrected chi connectivity index (χ3v) is 2.93. The maximum Gasteiger partial charge on any atom is 0.259 e. The SMILES string of the molecule is COc1ccc(C(=O)N(CC(C)C)CC(C)C)c(OC)n1. The van der Waals surface area contributed by atoms with Crippen LogP contribution in [0.4, 0.5) is 0 Å². The molecular weight excluding hydrogens is 268 g/mol. The number of hydrogen-bond acceptors (Lipinski definition) is 4. The highest BCUT2D eigenvalue weighted by Crippen LogP contribution is 2.22.